The van der Waals surface area contributed by atoms with Crippen molar-refractivity contribution in [1.82, 2.24) is 20.1 Å². The average Bonchev–Trinajstić information content (AvgIpc) is 3.11. The second-order valence-corrected chi connectivity index (χ2v) is 6.28. The first-order valence-corrected chi connectivity index (χ1v) is 8.65. The van der Waals surface area contributed by atoms with Crippen LogP contribution in [0.25, 0.3) is 11.1 Å². The van der Waals surface area contributed by atoms with E-state index in [1.54, 1.807) is 41.5 Å². The largest absolute Gasteiger partial charge is 0.482 e. The van der Waals surface area contributed by atoms with Crippen molar-refractivity contribution < 1.29 is 9.53 Å². The lowest BCUT2D eigenvalue weighted by Crippen LogP contribution is -2.31. The summed E-state index contributed by atoms with van der Waals surface area (Å²) in [5.74, 6) is 0.179. The van der Waals surface area contributed by atoms with E-state index < -0.39 is 0 Å². The van der Waals surface area contributed by atoms with E-state index in [0.717, 1.165) is 11.1 Å². The fourth-order valence-corrected chi connectivity index (χ4v) is 2.74. The maximum atomic E-state index is 11.9. The summed E-state index contributed by atoms with van der Waals surface area (Å²) in [5.41, 5.74) is 2.04. The highest BCUT2D eigenvalue weighted by molar-refractivity contribution is 6.35. The predicted molar refractivity (Wildman–Crippen MR) is 100 cm³/mol. The molecule has 3 aromatic rings. The normalized spacial score (nSPS) is 10.5. The average molecular weight is 391 g/mol. The van der Waals surface area contributed by atoms with Gasteiger partial charge in [0.15, 0.2) is 6.61 Å². The number of halogens is 2. The van der Waals surface area contributed by atoms with E-state index in [1.807, 2.05) is 18.3 Å². The van der Waals surface area contributed by atoms with Crippen LogP contribution >= 0.6 is 23.2 Å². The first-order chi connectivity index (χ1) is 12.6. The highest BCUT2D eigenvalue weighted by Crippen LogP contribution is 2.27. The van der Waals surface area contributed by atoms with Crippen LogP contribution in [0.5, 0.6) is 5.75 Å². The monoisotopic (exact) mass is 390 g/mol. The smallest absolute Gasteiger partial charge is 0.258 e. The highest BCUT2D eigenvalue weighted by atomic mass is 35.5. The number of aromatic nitrogens is 3. The molecule has 0 saturated heterocycles. The fraction of sp³-hybridized carbons (Fsp3) is 0.167. The zero-order chi connectivity index (χ0) is 18.4. The van der Waals surface area contributed by atoms with Gasteiger partial charge in [-0.25, -0.2) is 0 Å². The van der Waals surface area contributed by atoms with Crippen molar-refractivity contribution in [2.75, 3.05) is 13.2 Å². The number of nitrogens with one attached hydrogen (secondary N) is 1. The van der Waals surface area contributed by atoms with E-state index in [0.29, 0.717) is 28.9 Å². The lowest BCUT2D eigenvalue weighted by Gasteiger charge is -2.09. The number of carbonyl (C=O) groups is 1. The van der Waals surface area contributed by atoms with Crippen LogP contribution in [0.3, 0.4) is 0 Å². The van der Waals surface area contributed by atoms with Crippen molar-refractivity contribution in [3.8, 4) is 16.9 Å². The lowest BCUT2D eigenvalue weighted by atomic mass is 10.1. The van der Waals surface area contributed by atoms with Gasteiger partial charge in [0.2, 0.25) is 0 Å². The highest BCUT2D eigenvalue weighted by Gasteiger charge is 2.07. The molecule has 26 heavy (non-hydrogen) atoms. The van der Waals surface area contributed by atoms with Gasteiger partial charge in [0.25, 0.3) is 5.91 Å². The van der Waals surface area contributed by atoms with Crippen LogP contribution in [0, 0.1) is 0 Å². The zero-order valence-electron chi connectivity index (χ0n) is 13.7. The Balaban J connectivity index is 1.43. The van der Waals surface area contributed by atoms with Crippen molar-refractivity contribution >= 4 is 29.1 Å². The number of carbonyl (C=O) groups excluding carboxylic acids is 1. The van der Waals surface area contributed by atoms with Crippen LogP contribution in [-0.4, -0.2) is 33.8 Å². The fourth-order valence-electron chi connectivity index (χ4n) is 2.28. The van der Waals surface area contributed by atoms with Gasteiger partial charge in [0.1, 0.15) is 5.75 Å². The standard InChI is InChI=1S/C18H16Cl2N4O2/c19-15-1-2-17(16(20)9-15)26-12-18(25)22-7-8-24-11-14(10-23-24)13-3-5-21-6-4-13/h1-6,9-11H,7-8,12H2,(H,22,25). The number of benzene rings is 1. The van der Waals surface area contributed by atoms with Gasteiger partial charge >= 0.3 is 0 Å². The van der Waals surface area contributed by atoms with Crippen LogP contribution in [0.1, 0.15) is 0 Å². The van der Waals surface area contributed by atoms with Crippen molar-refractivity contribution in [3.05, 3.63) is 65.2 Å². The van der Waals surface area contributed by atoms with E-state index >= 15 is 0 Å². The number of nitrogens with zero attached hydrogens (tertiary/aromatic N) is 3. The molecule has 1 N–H and O–H groups in total. The Kier molecular flexibility index (Phi) is 6.09. The first kappa shape index (κ1) is 18.2. The summed E-state index contributed by atoms with van der Waals surface area (Å²) >= 11 is 11.8. The molecule has 1 aromatic carbocycles. The number of hydrogen-bond donors (Lipinski definition) is 1. The summed E-state index contributed by atoms with van der Waals surface area (Å²) in [6.07, 6.45) is 7.17. The van der Waals surface area contributed by atoms with Crippen molar-refractivity contribution in [3.63, 3.8) is 0 Å². The van der Waals surface area contributed by atoms with Crippen LogP contribution in [-0.2, 0) is 11.3 Å². The molecule has 0 bridgehead atoms. The maximum absolute atomic E-state index is 11.9. The van der Waals surface area contributed by atoms with Gasteiger partial charge in [-0.05, 0) is 35.9 Å². The minimum atomic E-state index is -0.238. The van der Waals surface area contributed by atoms with Gasteiger partial charge in [-0.1, -0.05) is 23.2 Å². The molecule has 0 atom stereocenters. The molecule has 134 valence electrons. The number of pyridine rings is 1. The number of hydrogen-bond acceptors (Lipinski definition) is 4. The second-order valence-electron chi connectivity index (χ2n) is 5.44. The van der Waals surface area contributed by atoms with Crippen LogP contribution in [0.4, 0.5) is 0 Å². The van der Waals surface area contributed by atoms with E-state index in [2.05, 4.69) is 15.4 Å². The Morgan fingerprint density at radius 2 is 1.96 bits per heavy atom. The molecule has 2 aromatic heterocycles. The van der Waals surface area contributed by atoms with Crippen molar-refractivity contribution in [2.45, 2.75) is 6.54 Å². The Morgan fingerprint density at radius 1 is 1.15 bits per heavy atom. The zero-order valence-corrected chi connectivity index (χ0v) is 15.2. The minimum absolute atomic E-state index is 0.122. The van der Waals surface area contributed by atoms with Crippen molar-refractivity contribution in [2.24, 2.45) is 0 Å². The Labute approximate surface area is 160 Å². The first-order valence-electron chi connectivity index (χ1n) is 7.89. The summed E-state index contributed by atoms with van der Waals surface area (Å²) in [6, 6.07) is 8.68. The van der Waals surface area contributed by atoms with Gasteiger partial charge in [-0.2, -0.15) is 5.10 Å². The van der Waals surface area contributed by atoms with Gasteiger partial charge < -0.3 is 10.1 Å². The molecular formula is C18H16Cl2N4O2. The molecule has 0 unspecified atom stereocenters. The number of rotatable bonds is 7. The van der Waals surface area contributed by atoms with Crippen LogP contribution < -0.4 is 10.1 Å². The summed E-state index contributed by atoms with van der Waals surface area (Å²) < 4.78 is 7.16. The SMILES string of the molecule is O=C(COc1ccc(Cl)cc1Cl)NCCn1cc(-c2ccncc2)cn1. The molecule has 0 fully saturated rings. The maximum Gasteiger partial charge on any atom is 0.258 e. The third-order valence-corrected chi connectivity index (χ3v) is 4.09. The molecule has 3 rings (SSSR count). The minimum Gasteiger partial charge on any atom is -0.482 e. The van der Waals surface area contributed by atoms with Gasteiger partial charge in [0.05, 0.1) is 17.8 Å². The molecule has 0 spiro atoms. The molecule has 0 aliphatic heterocycles. The number of ether oxygens (including phenoxy) is 1. The van der Waals surface area contributed by atoms with E-state index in [4.69, 9.17) is 27.9 Å². The topological polar surface area (TPSA) is 69.0 Å². The Morgan fingerprint density at radius 3 is 2.73 bits per heavy atom. The molecule has 6 nitrogen and oxygen atoms in total. The van der Waals surface area contributed by atoms with Crippen molar-refractivity contribution in [1.29, 1.82) is 0 Å². The van der Waals surface area contributed by atoms with Gasteiger partial charge in [-0.3, -0.25) is 14.5 Å². The quantitative estimate of drug-likeness (QED) is 0.670. The summed E-state index contributed by atoms with van der Waals surface area (Å²) in [7, 11) is 0. The molecule has 2 heterocycles. The van der Waals surface area contributed by atoms with E-state index in [9.17, 15) is 4.79 Å². The summed E-state index contributed by atoms with van der Waals surface area (Å²) in [4.78, 5) is 15.9. The van der Waals surface area contributed by atoms with Crippen LogP contribution in [0.15, 0.2) is 55.1 Å². The van der Waals surface area contributed by atoms with Gasteiger partial charge in [-0.15, -0.1) is 0 Å². The molecule has 0 saturated carbocycles. The van der Waals surface area contributed by atoms with Gasteiger partial charge in [0, 0.05) is 35.7 Å². The van der Waals surface area contributed by atoms with Crippen LogP contribution in [0.2, 0.25) is 10.0 Å². The Bertz CT molecular complexity index is 884. The van der Waals surface area contributed by atoms with E-state index in [-0.39, 0.29) is 12.5 Å². The third kappa shape index (κ3) is 4.97. The molecular weight excluding hydrogens is 375 g/mol. The second kappa shape index (κ2) is 8.69. The molecule has 1 amide bonds. The van der Waals surface area contributed by atoms with E-state index in [1.165, 1.54) is 0 Å². The Hall–Kier alpha value is -2.57. The summed E-state index contributed by atoms with van der Waals surface area (Å²) in [6.45, 7) is 0.870. The predicted octanol–water partition coefficient (Wildman–Crippen LogP) is 3.45. The molecule has 8 heteroatoms. The molecule has 0 aliphatic carbocycles. The number of amides is 1. The molecule has 0 aliphatic rings. The third-order valence-electron chi connectivity index (χ3n) is 3.56. The molecule has 0 radical (unpaired) electrons. The lowest BCUT2D eigenvalue weighted by molar-refractivity contribution is -0.123. The summed E-state index contributed by atoms with van der Waals surface area (Å²) in [5, 5.41) is 7.94.